The number of ether oxygens (including phenoxy) is 1. The van der Waals surface area contributed by atoms with Gasteiger partial charge in [-0.1, -0.05) is 0 Å². The zero-order valence-electron chi connectivity index (χ0n) is 5.46. The molecule has 52 valence electrons. The Morgan fingerprint density at radius 3 is 2.56 bits per heavy atom. The first-order valence-electron chi connectivity index (χ1n) is 3.15. The van der Waals surface area contributed by atoms with Crippen molar-refractivity contribution >= 4 is 5.91 Å². The van der Waals surface area contributed by atoms with E-state index in [0.717, 1.165) is 12.8 Å². The Balaban J connectivity index is 2.39. The predicted molar refractivity (Wildman–Crippen MR) is 32.8 cm³/mol. The van der Waals surface area contributed by atoms with Gasteiger partial charge in [0.2, 0.25) is 5.91 Å². The minimum Gasteiger partial charge on any atom is -0.367 e. The molecule has 2 atom stereocenters. The molecule has 3 heteroatoms. The molecule has 3 nitrogen and oxygen atoms in total. The molecule has 2 N–H and O–H groups in total. The van der Waals surface area contributed by atoms with Crippen LogP contribution >= 0.6 is 0 Å². The lowest BCUT2D eigenvalue weighted by Crippen LogP contribution is -2.28. The molecule has 0 aromatic heterocycles. The summed E-state index contributed by atoms with van der Waals surface area (Å²) in [4.78, 5) is 10.4. The number of rotatable bonds is 1. The minimum atomic E-state index is -0.334. The molecule has 1 heterocycles. The summed E-state index contributed by atoms with van der Waals surface area (Å²) in [6, 6.07) is 0. The maximum absolute atomic E-state index is 10.4. The van der Waals surface area contributed by atoms with E-state index in [1.165, 1.54) is 0 Å². The quantitative estimate of drug-likeness (QED) is 0.543. The van der Waals surface area contributed by atoms with Gasteiger partial charge in [-0.25, -0.2) is 0 Å². The first-order valence-corrected chi connectivity index (χ1v) is 3.15. The molecule has 0 radical (unpaired) electrons. The molecule has 0 spiro atoms. The van der Waals surface area contributed by atoms with Crippen LogP contribution < -0.4 is 5.73 Å². The monoisotopic (exact) mass is 129 g/mol. The van der Waals surface area contributed by atoms with Crippen molar-refractivity contribution in [1.29, 1.82) is 0 Å². The van der Waals surface area contributed by atoms with Gasteiger partial charge < -0.3 is 10.5 Å². The van der Waals surface area contributed by atoms with Crippen LogP contribution in [0.5, 0.6) is 0 Å². The average molecular weight is 129 g/mol. The molecule has 9 heavy (non-hydrogen) atoms. The summed E-state index contributed by atoms with van der Waals surface area (Å²) >= 11 is 0. The Kier molecular flexibility index (Phi) is 1.71. The summed E-state index contributed by atoms with van der Waals surface area (Å²) in [6.45, 7) is 1.95. The normalized spacial score (nSPS) is 34.8. The molecular weight excluding hydrogens is 118 g/mol. The molecule has 1 aliphatic heterocycles. The van der Waals surface area contributed by atoms with Crippen molar-refractivity contribution in [1.82, 2.24) is 0 Å². The Hall–Kier alpha value is -0.570. The minimum absolute atomic E-state index is 0.211. The van der Waals surface area contributed by atoms with Gasteiger partial charge in [-0.05, 0) is 19.8 Å². The number of primary amides is 1. The zero-order valence-corrected chi connectivity index (χ0v) is 5.46. The number of nitrogens with two attached hydrogens (primary N) is 1. The second kappa shape index (κ2) is 2.35. The van der Waals surface area contributed by atoms with Crippen LogP contribution in [0.3, 0.4) is 0 Å². The molecule has 1 saturated heterocycles. The van der Waals surface area contributed by atoms with Crippen molar-refractivity contribution < 1.29 is 9.53 Å². The van der Waals surface area contributed by atoms with Gasteiger partial charge in [-0.3, -0.25) is 4.79 Å². The molecule has 0 aliphatic carbocycles. The Morgan fingerprint density at radius 2 is 2.33 bits per heavy atom. The number of carbonyl (C=O) groups is 1. The fraction of sp³-hybridized carbons (Fsp3) is 0.833. The van der Waals surface area contributed by atoms with E-state index in [9.17, 15) is 4.79 Å². The fourth-order valence-corrected chi connectivity index (χ4v) is 1.01. The lowest BCUT2D eigenvalue weighted by Gasteiger charge is -2.04. The summed E-state index contributed by atoms with van der Waals surface area (Å²) < 4.78 is 5.15. The van der Waals surface area contributed by atoms with E-state index in [0.29, 0.717) is 0 Å². The highest BCUT2D eigenvalue weighted by atomic mass is 16.5. The standard InChI is InChI=1S/C6H11NO2/c1-4-2-3-5(9-4)6(7)8/h4-5H,2-3H2,1H3,(H2,7,8)/t4?,5-/m0/s1. The summed E-state index contributed by atoms with van der Waals surface area (Å²) in [6.07, 6.45) is 1.63. The highest BCUT2D eigenvalue weighted by Gasteiger charge is 2.25. The number of hydrogen-bond donors (Lipinski definition) is 1. The van der Waals surface area contributed by atoms with Crippen molar-refractivity contribution in [3.63, 3.8) is 0 Å². The van der Waals surface area contributed by atoms with Crippen LogP contribution in [0.1, 0.15) is 19.8 Å². The van der Waals surface area contributed by atoms with Crippen LogP contribution in [-0.2, 0) is 9.53 Å². The fourth-order valence-electron chi connectivity index (χ4n) is 1.01. The van der Waals surface area contributed by atoms with Gasteiger partial charge in [0.15, 0.2) is 0 Å². The molecule has 1 fully saturated rings. The summed E-state index contributed by atoms with van der Waals surface area (Å²) in [7, 11) is 0. The van der Waals surface area contributed by atoms with Gasteiger partial charge in [-0.2, -0.15) is 0 Å². The SMILES string of the molecule is CC1CC[C@@H](C(N)=O)O1. The van der Waals surface area contributed by atoms with Crippen molar-refractivity contribution in [3.8, 4) is 0 Å². The van der Waals surface area contributed by atoms with Crippen LogP contribution in [0.4, 0.5) is 0 Å². The second-order valence-corrected chi connectivity index (χ2v) is 2.42. The lowest BCUT2D eigenvalue weighted by molar-refractivity contribution is -0.128. The Bertz CT molecular complexity index is 124. The summed E-state index contributed by atoms with van der Waals surface area (Å²) in [5.41, 5.74) is 5.00. The summed E-state index contributed by atoms with van der Waals surface area (Å²) in [5, 5.41) is 0. The van der Waals surface area contributed by atoms with Crippen molar-refractivity contribution in [2.75, 3.05) is 0 Å². The van der Waals surface area contributed by atoms with Crippen LogP contribution in [0.25, 0.3) is 0 Å². The molecule has 1 aliphatic rings. The van der Waals surface area contributed by atoms with E-state index in [4.69, 9.17) is 10.5 Å². The molecule has 1 unspecified atom stereocenters. The predicted octanol–water partition coefficient (Wildman–Crippen LogP) is 0.0392. The third-order valence-corrected chi connectivity index (χ3v) is 1.55. The van der Waals surface area contributed by atoms with Crippen molar-refractivity contribution in [2.45, 2.75) is 32.0 Å². The Labute approximate surface area is 54.2 Å². The van der Waals surface area contributed by atoms with Crippen LogP contribution in [-0.4, -0.2) is 18.1 Å². The highest BCUT2D eigenvalue weighted by Crippen LogP contribution is 2.17. The van der Waals surface area contributed by atoms with E-state index >= 15 is 0 Å². The van der Waals surface area contributed by atoms with Gasteiger partial charge in [0.05, 0.1) is 6.10 Å². The number of hydrogen-bond acceptors (Lipinski definition) is 2. The first kappa shape index (κ1) is 6.55. The molecule has 1 rings (SSSR count). The Morgan fingerprint density at radius 1 is 1.67 bits per heavy atom. The van der Waals surface area contributed by atoms with Crippen LogP contribution in [0.15, 0.2) is 0 Å². The van der Waals surface area contributed by atoms with E-state index in [1.54, 1.807) is 0 Å². The first-order chi connectivity index (χ1) is 4.20. The van der Waals surface area contributed by atoms with E-state index in [2.05, 4.69) is 0 Å². The van der Waals surface area contributed by atoms with E-state index < -0.39 is 0 Å². The molecule has 1 amide bonds. The largest absolute Gasteiger partial charge is 0.367 e. The molecule has 0 bridgehead atoms. The van der Waals surface area contributed by atoms with Gasteiger partial charge in [-0.15, -0.1) is 0 Å². The lowest BCUT2D eigenvalue weighted by atomic mass is 10.2. The molecular formula is C6H11NO2. The van der Waals surface area contributed by atoms with E-state index in [1.807, 2.05) is 6.92 Å². The second-order valence-electron chi connectivity index (χ2n) is 2.42. The average Bonchev–Trinajstić information content (AvgIpc) is 2.14. The number of amides is 1. The van der Waals surface area contributed by atoms with E-state index in [-0.39, 0.29) is 18.1 Å². The molecule has 0 saturated carbocycles. The van der Waals surface area contributed by atoms with Crippen molar-refractivity contribution in [3.05, 3.63) is 0 Å². The smallest absolute Gasteiger partial charge is 0.246 e. The van der Waals surface area contributed by atoms with Crippen LogP contribution in [0, 0.1) is 0 Å². The molecule has 0 aromatic carbocycles. The van der Waals surface area contributed by atoms with Gasteiger partial charge in [0, 0.05) is 0 Å². The summed E-state index contributed by atoms with van der Waals surface area (Å²) in [5.74, 6) is -0.334. The third-order valence-electron chi connectivity index (χ3n) is 1.55. The van der Waals surface area contributed by atoms with Gasteiger partial charge >= 0.3 is 0 Å². The highest BCUT2D eigenvalue weighted by molar-refractivity contribution is 5.79. The molecule has 0 aromatic rings. The maximum Gasteiger partial charge on any atom is 0.246 e. The third kappa shape index (κ3) is 1.42. The van der Waals surface area contributed by atoms with Crippen LogP contribution in [0.2, 0.25) is 0 Å². The maximum atomic E-state index is 10.4. The van der Waals surface area contributed by atoms with Gasteiger partial charge in [0.1, 0.15) is 6.10 Å². The zero-order chi connectivity index (χ0) is 6.85. The van der Waals surface area contributed by atoms with Crippen molar-refractivity contribution in [2.24, 2.45) is 5.73 Å². The number of carbonyl (C=O) groups excluding carboxylic acids is 1. The topological polar surface area (TPSA) is 52.3 Å². The van der Waals surface area contributed by atoms with Gasteiger partial charge in [0.25, 0.3) is 0 Å².